The molecule has 1 unspecified atom stereocenters. The van der Waals surface area contributed by atoms with Gasteiger partial charge in [-0.15, -0.1) is 0 Å². The molecule has 0 radical (unpaired) electrons. The predicted molar refractivity (Wildman–Crippen MR) is 64.6 cm³/mol. The molecule has 0 bridgehead atoms. The van der Waals surface area contributed by atoms with Crippen molar-refractivity contribution in [3.8, 4) is 0 Å². The minimum atomic E-state index is -0.0645. The van der Waals surface area contributed by atoms with Crippen LogP contribution in [-0.4, -0.2) is 53.0 Å². The average Bonchev–Trinajstić information content (AvgIpc) is 2.30. The zero-order valence-corrected chi connectivity index (χ0v) is 9.89. The number of carbonyl (C=O) groups excluding carboxylic acids is 1. The van der Waals surface area contributed by atoms with Crippen molar-refractivity contribution in [2.24, 2.45) is 0 Å². The Morgan fingerprint density at radius 2 is 2.35 bits per heavy atom. The van der Waals surface area contributed by atoms with Crippen molar-refractivity contribution in [2.75, 3.05) is 31.5 Å². The van der Waals surface area contributed by atoms with Crippen LogP contribution in [0.25, 0.3) is 0 Å². The van der Waals surface area contributed by atoms with Crippen LogP contribution in [0.15, 0.2) is 18.5 Å². The van der Waals surface area contributed by atoms with E-state index in [1.807, 2.05) is 0 Å². The lowest BCUT2D eigenvalue weighted by molar-refractivity contribution is -0.117. The normalized spacial score (nSPS) is 21.1. The third-order valence-corrected chi connectivity index (χ3v) is 2.64. The van der Waals surface area contributed by atoms with Gasteiger partial charge in [-0.25, -0.2) is 9.97 Å². The van der Waals surface area contributed by atoms with E-state index in [1.54, 1.807) is 18.5 Å². The zero-order valence-electron chi connectivity index (χ0n) is 9.89. The molecule has 6 nitrogen and oxygen atoms in total. The molecule has 1 aliphatic heterocycles. The smallest absolute Gasteiger partial charge is 0.240 e. The molecular weight excluding hydrogens is 218 g/mol. The molecule has 0 aromatic carbocycles. The lowest BCUT2D eigenvalue weighted by Gasteiger charge is -2.31. The minimum absolute atomic E-state index is 0.0645. The number of aromatic nitrogens is 2. The first-order chi connectivity index (χ1) is 8.24. The molecule has 2 N–H and O–H groups in total. The van der Waals surface area contributed by atoms with Gasteiger partial charge in [0.05, 0.1) is 6.54 Å². The first-order valence-electron chi connectivity index (χ1n) is 5.76. The van der Waals surface area contributed by atoms with Crippen molar-refractivity contribution in [2.45, 2.75) is 13.0 Å². The summed E-state index contributed by atoms with van der Waals surface area (Å²) >= 11 is 0. The molecule has 0 saturated carbocycles. The largest absolute Gasteiger partial charge is 0.312 e. The standard InChI is InChI=1S/C11H17N5O/c1-9-7-16(6-5-12-9)8-10(17)15-11-13-3-2-4-14-11/h2-4,9,12H,5-8H2,1H3,(H,13,14,15,17). The molecule has 92 valence electrons. The third-order valence-electron chi connectivity index (χ3n) is 2.64. The van der Waals surface area contributed by atoms with Gasteiger partial charge in [0.1, 0.15) is 0 Å². The number of rotatable bonds is 3. The molecule has 0 spiro atoms. The summed E-state index contributed by atoms with van der Waals surface area (Å²) in [4.78, 5) is 21.8. The molecule has 1 aliphatic rings. The highest BCUT2D eigenvalue weighted by atomic mass is 16.2. The molecule has 1 fully saturated rings. The monoisotopic (exact) mass is 235 g/mol. The molecule has 1 atom stereocenters. The number of hydrogen-bond acceptors (Lipinski definition) is 5. The van der Waals surface area contributed by atoms with E-state index < -0.39 is 0 Å². The molecule has 1 aromatic rings. The van der Waals surface area contributed by atoms with Crippen LogP contribution in [0.3, 0.4) is 0 Å². The van der Waals surface area contributed by atoms with Gasteiger partial charge in [0.15, 0.2) is 0 Å². The van der Waals surface area contributed by atoms with Gasteiger partial charge in [-0.1, -0.05) is 0 Å². The summed E-state index contributed by atoms with van der Waals surface area (Å²) in [5, 5.41) is 6.02. The average molecular weight is 235 g/mol. The van der Waals surface area contributed by atoms with E-state index in [9.17, 15) is 4.79 Å². The number of nitrogens with one attached hydrogen (secondary N) is 2. The fourth-order valence-corrected chi connectivity index (χ4v) is 1.89. The number of nitrogens with zero attached hydrogens (tertiary/aromatic N) is 3. The van der Waals surface area contributed by atoms with E-state index in [-0.39, 0.29) is 5.91 Å². The number of piperazine rings is 1. The SMILES string of the molecule is CC1CN(CC(=O)Nc2ncccn2)CCN1. The molecule has 1 aromatic heterocycles. The number of hydrogen-bond donors (Lipinski definition) is 2. The fraction of sp³-hybridized carbons (Fsp3) is 0.545. The van der Waals surface area contributed by atoms with E-state index in [2.05, 4.69) is 32.4 Å². The summed E-state index contributed by atoms with van der Waals surface area (Å²) in [5.41, 5.74) is 0. The predicted octanol–water partition coefficient (Wildman–Crippen LogP) is -0.291. The first kappa shape index (κ1) is 11.9. The van der Waals surface area contributed by atoms with Gasteiger partial charge < -0.3 is 5.32 Å². The maximum absolute atomic E-state index is 11.7. The Morgan fingerprint density at radius 3 is 3.06 bits per heavy atom. The third kappa shape index (κ3) is 3.76. The zero-order chi connectivity index (χ0) is 12.1. The highest BCUT2D eigenvalue weighted by Gasteiger charge is 2.18. The molecule has 1 saturated heterocycles. The second-order valence-corrected chi connectivity index (χ2v) is 4.21. The summed E-state index contributed by atoms with van der Waals surface area (Å²) in [6.07, 6.45) is 3.21. The quantitative estimate of drug-likeness (QED) is 0.753. The Kier molecular flexibility index (Phi) is 4.00. The van der Waals surface area contributed by atoms with Gasteiger partial charge >= 0.3 is 0 Å². The van der Waals surface area contributed by atoms with Crippen LogP contribution >= 0.6 is 0 Å². The van der Waals surface area contributed by atoms with Crippen molar-refractivity contribution in [3.63, 3.8) is 0 Å². The lowest BCUT2D eigenvalue weighted by Crippen LogP contribution is -2.51. The van der Waals surface area contributed by atoms with Crippen LogP contribution in [-0.2, 0) is 4.79 Å². The van der Waals surface area contributed by atoms with Crippen molar-refractivity contribution in [3.05, 3.63) is 18.5 Å². The van der Waals surface area contributed by atoms with Crippen LogP contribution in [0.1, 0.15) is 6.92 Å². The Morgan fingerprint density at radius 1 is 1.59 bits per heavy atom. The highest BCUT2D eigenvalue weighted by Crippen LogP contribution is 1.99. The lowest BCUT2D eigenvalue weighted by atomic mass is 10.2. The van der Waals surface area contributed by atoms with E-state index >= 15 is 0 Å². The number of anilines is 1. The highest BCUT2D eigenvalue weighted by molar-refractivity contribution is 5.90. The van der Waals surface area contributed by atoms with Gasteiger partial charge in [-0.2, -0.15) is 0 Å². The Hall–Kier alpha value is -1.53. The summed E-state index contributed by atoms with van der Waals surface area (Å²) in [7, 11) is 0. The molecular formula is C11H17N5O. The summed E-state index contributed by atoms with van der Waals surface area (Å²) in [5.74, 6) is 0.297. The van der Waals surface area contributed by atoms with E-state index in [0.29, 0.717) is 18.5 Å². The summed E-state index contributed by atoms with van der Waals surface area (Å²) in [6.45, 7) is 5.22. The van der Waals surface area contributed by atoms with Crippen molar-refractivity contribution >= 4 is 11.9 Å². The fourth-order valence-electron chi connectivity index (χ4n) is 1.89. The number of amides is 1. The van der Waals surface area contributed by atoms with Crippen LogP contribution in [0.2, 0.25) is 0 Å². The van der Waals surface area contributed by atoms with Gasteiger partial charge in [-0.05, 0) is 13.0 Å². The second kappa shape index (κ2) is 5.70. The van der Waals surface area contributed by atoms with Gasteiger partial charge in [0, 0.05) is 38.1 Å². The van der Waals surface area contributed by atoms with Gasteiger partial charge in [0.2, 0.25) is 11.9 Å². The second-order valence-electron chi connectivity index (χ2n) is 4.21. The maximum atomic E-state index is 11.7. The summed E-state index contributed by atoms with van der Waals surface area (Å²) < 4.78 is 0. The van der Waals surface area contributed by atoms with E-state index in [4.69, 9.17) is 0 Å². The van der Waals surface area contributed by atoms with Crippen LogP contribution in [0.4, 0.5) is 5.95 Å². The molecule has 6 heteroatoms. The van der Waals surface area contributed by atoms with Crippen LogP contribution in [0.5, 0.6) is 0 Å². The minimum Gasteiger partial charge on any atom is -0.312 e. The maximum Gasteiger partial charge on any atom is 0.240 e. The van der Waals surface area contributed by atoms with Gasteiger partial charge in [0.25, 0.3) is 0 Å². The molecule has 17 heavy (non-hydrogen) atoms. The Balaban J connectivity index is 1.81. The molecule has 1 amide bonds. The topological polar surface area (TPSA) is 70.2 Å². The van der Waals surface area contributed by atoms with E-state index in [0.717, 1.165) is 19.6 Å². The van der Waals surface area contributed by atoms with E-state index in [1.165, 1.54) is 0 Å². The van der Waals surface area contributed by atoms with Crippen molar-refractivity contribution < 1.29 is 4.79 Å². The molecule has 0 aliphatic carbocycles. The Labute approximate surface area is 100 Å². The first-order valence-corrected chi connectivity index (χ1v) is 5.76. The molecule has 2 rings (SSSR count). The van der Waals surface area contributed by atoms with Crippen molar-refractivity contribution in [1.29, 1.82) is 0 Å². The molecule has 2 heterocycles. The van der Waals surface area contributed by atoms with Crippen molar-refractivity contribution in [1.82, 2.24) is 20.2 Å². The van der Waals surface area contributed by atoms with Crippen LogP contribution < -0.4 is 10.6 Å². The van der Waals surface area contributed by atoms with Crippen LogP contribution in [0, 0.1) is 0 Å². The van der Waals surface area contributed by atoms with Gasteiger partial charge in [-0.3, -0.25) is 15.0 Å². The Bertz CT molecular complexity index is 369. The number of carbonyl (C=O) groups is 1. The summed E-state index contributed by atoms with van der Waals surface area (Å²) in [6, 6.07) is 2.15.